The molecule has 0 aliphatic heterocycles. The summed E-state index contributed by atoms with van der Waals surface area (Å²) < 4.78 is 6.07. The number of nitrogens with two attached hydrogens (primary N) is 1. The summed E-state index contributed by atoms with van der Waals surface area (Å²) in [4.78, 5) is 26.5. The van der Waals surface area contributed by atoms with Crippen LogP contribution >= 0.6 is 15.9 Å². The van der Waals surface area contributed by atoms with Gasteiger partial charge in [0.05, 0.1) is 9.40 Å². The van der Waals surface area contributed by atoms with Gasteiger partial charge in [-0.05, 0) is 46.1 Å². The summed E-state index contributed by atoms with van der Waals surface area (Å²) in [7, 11) is 0. The van der Waals surface area contributed by atoms with Gasteiger partial charge in [-0.25, -0.2) is 4.79 Å². The number of carbonyl (C=O) groups excluding carboxylic acids is 1. The highest BCUT2D eigenvalue weighted by molar-refractivity contribution is 9.10. The van der Waals surface area contributed by atoms with Crippen LogP contribution in [0.1, 0.15) is 11.1 Å². The van der Waals surface area contributed by atoms with Gasteiger partial charge < -0.3 is 15.3 Å². The van der Waals surface area contributed by atoms with Crippen LogP contribution in [0.4, 0.5) is 5.69 Å². The molecule has 0 saturated heterocycles. The third-order valence-corrected chi connectivity index (χ3v) is 3.85. The first-order chi connectivity index (χ1) is 12.3. The Balaban J connectivity index is 1.83. The lowest BCUT2D eigenvalue weighted by molar-refractivity contribution is -0.384. The number of nitro groups is 1. The van der Waals surface area contributed by atoms with Crippen LogP contribution in [0.5, 0.6) is 5.75 Å². The Morgan fingerprint density at radius 2 is 1.96 bits per heavy atom. The van der Waals surface area contributed by atoms with E-state index in [9.17, 15) is 14.9 Å². The zero-order valence-corrected chi connectivity index (χ0v) is 15.4. The Morgan fingerprint density at radius 1 is 1.27 bits per heavy atom. The van der Waals surface area contributed by atoms with Crippen LogP contribution in [0, 0.1) is 17.0 Å². The van der Waals surface area contributed by atoms with Crippen molar-refractivity contribution in [2.75, 3.05) is 6.61 Å². The number of non-ortho nitro benzene ring substituents is 1. The first-order valence-electron chi connectivity index (χ1n) is 7.49. The summed E-state index contributed by atoms with van der Waals surface area (Å²) in [5, 5.41) is 14.1. The number of rotatable bonds is 7. The van der Waals surface area contributed by atoms with E-state index in [1.54, 1.807) is 18.2 Å². The Bertz CT molecular complexity index is 837. The number of nitro benzene ring substituents is 1. The summed E-state index contributed by atoms with van der Waals surface area (Å²) >= 11 is 3.34. The van der Waals surface area contributed by atoms with Crippen molar-refractivity contribution in [2.24, 2.45) is 10.9 Å². The molecule has 0 amide bonds. The number of hydrogen-bond donors (Lipinski definition) is 1. The maximum Gasteiger partial charge on any atom is 0.372 e. The molecule has 0 fully saturated rings. The SMILES string of the molecule is Cc1ccc(OCC(=O)ON=C(N)Cc2ccc([N+](=O)[O-])cc2)c(Br)c1. The second kappa shape index (κ2) is 8.95. The van der Waals surface area contributed by atoms with Crippen molar-refractivity contribution >= 4 is 33.4 Å². The van der Waals surface area contributed by atoms with Crippen molar-refractivity contribution in [3.8, 4) is 5.75 Å². The molecule has 26 heavy (non-hydrogen) atoms. The minimum Gasteiger partial charge on any atom is -0.481 e. The predicted molar refractivity (Wildman–Crippen MR) is 98.9 cm³/mol. The molecule has 2 N–H and O–H groups in total. The lowest BCUT2D eigenvalue weighted by atomic mass is 10.1. The molecule has 0 atom stereocenters. The van der Waals surface area contributed by atoms with E-state index in [-0.39, 0.29) is 24.6 Å². The molecule has 0 aliphatic carbocycles. The highest BCUT2D eigenvalue weighted by Crippen LogP contribution is 2.25. The molecule has 0 aromatic heterocycles. The Hall–Kier alpha value is -2.94. The summed E-state index contributed by atoms with van der Waals surface area (Å²) in [5.74, 6) is -0.136. The number of hydrogen-bond acceptors (Lipinski definition) is 6. The first-order valence-corrected chi connectivity index (χ1v) is 8.29. The zero-order chi connectivity index (χ0) is 19.1. The molecule has 2 aromatic carbocycles. The second-order valence-electron chi connectivity index (χ2n) is 5.37. The number of halogens is 1. The molecule has 0 saturated carbocycles. The van der Waals surface area contributed by atoms with E-state index in [1.165, 1.54) is 12.1 Å². The largest absolute Gasteiger partial charge is 0.481 e. The van der Waals surface area contributed by atoms with Crippen molar-refractivity contribution in [3.05, 3.63) is 68.2 Å². The molecule has 0 bridgehead atoms. The summed E-state index contributed by atoms with van der Waals surface area (Å²) in [6.45, 7) is 1.61. The van der Waals surface area contributed by atoms with Gasteiger partial charge in [-0.1, -0.05) is 23.4 Å². The molecule has 136 valence electrons. The minimum absolute atomic E-state index is 0.0184. The van der Waals surface area contributed by atoms with E-state index in [0.717, 1.165) is 10.0 Å². The highest BCUT2D eigenvalue weighted by Gasteiger charge is 2.09. The zero-order valence-electron chi connectivity index (χ0n) is 13.8. The van der Waals surface area contributed by atoms with E-state index in [2.05, 4.69) is 21.1 Å². The number of carbonyl (C=O) groups is 1. The van der Waals surface area contributed by atoms with Crippen LogP contribution in [0.2, 0.25) is 0 Å². The van der Waals surface area contributed by atoms with Gasteiger partial charge in [0, 0.05) is 18.6 Å². The molecular formula is C17H16BrN3O5. The van der Waals surface area contributed by atoms with Crippen molar-refractivity contribution in [1.29, 1.82) is 0 Å². The quantitative estimate of drug-likeness (QED) is 0.241. The number of amidine groups is 1. The maximum atomic E-state index is 11.7. The molecule has 0 spiro atoms. The predicted octanol–water partition coefficient (Wildman–Crippen LogP) is 3.10. The van der Waals surface area contributed by atoms with Crippen LogP contribution in [0.15, 0.2) is 52.1 Å². The number of benzene rings is 2. The number of oxime groups is 1. The van der Waals surface area contributed by atoms with Crippen LogP contribution in [0.25, 0.3) is 0 Å². The van der Waals surface area contributed by atoms with Gasteiger partial charge in [0.15, 0.2) is 6.61 Å². The van der Waals surface area contributed by atoms with Crippen molar-refractivity contribution in [3.63, 3.8) is 0 Å². The van der Waals surface area contributed by atoms with Crippen LogP contribution in [0.3, 0.4) is 0 Å². The monoisotopic (exact) mass is 421 g/mol. The van der Waals surface area contributed by atoms with Crippen molar-refractivity contribution in [1.82, 2.24) is 0 Å². The minimum atomic E-state index is -0.705. The van der Waals surface area contributed by atoms with E-state index >= 15 is 0 Å². The highest BCUT2D eigenvalue weighted by atomic mass is 79.9. The molecule has 0 heterocycles. The van der Waals surface area contributed by atoms with E-state index in [0.29, 0.717) is 11.3 Å². The fourth-order valence-corrected chi connectivity index (χ4v) is 2.58. The van der Waals surface area contributed by atoms with Crippen molar-refractivity contribution in [2.45, 2.75) is 13.3 Å². The fourth-order valence-electron chi connectivity index (χ4n) is 1.97. The third kappa shape index (κ3) is 5.85. The molecule has 8 nitrogen and oxygen atoms in total. The molecular weight excluding hydrogens is 406 g/mol. The van der Waals surface area contributed by atoms with Gasteiger partial charge in [0.25, 0.3) is 5.69 Å². The second-order valence-corrected chi connectivity index (χ2v) is 6.22. The first kappa shape index (κ1) is 19.4. The lowest BCUT2D eigenvalue weighted by Crippen LogP contribution is -2.19. The number of ether oxygens (including phenoxy) is 1. The van der Waals surface area contributed by atoms with Gasteiger partial charge in [0.1, 0.15) is 11.6 Å². The van der Waals surface area contributed by atoms with Gasteiger partial charge in [-0.3, -0.25) is 10.1 Å². The Morgan fingerprint density at radius 3 is 2.58 bits per heavy atom. The standard InChI is InChI=1S/C17H16BrN3O5/c1-11-2-7-15(14(18)8-11)25-10-17(22)26-20-16(19)9-12-3-5-13(6-4-12)21(23)24/h2-8H,9-10H2,1H3,(H2,19,20). The average Bonchev–Trinajstić information content (AvgIpc) is 2.59. The van der Waals surface area contributed by atoms with Crippen LogP contribution < -0.4 is 10.5 Å². The molecule has 2 aromatic rings. The summed E-state index contributed by atoms with van der Waals surface area (Å²) in [5.41, 5.74) is 7.42. The lowest BCUT2D eigenvalue weighted by Gasteiger charge is -2.07. The summed E-state index contributed by atoms with van der Waals surface area (Å²) in [6, 6.07) is 11.3. The van der Waals surface area contributed by atoms with Crippen LogP contribution in [-0.2, 0) is 16.1 Å². The maximum absolute atomic E-state index is 11.7. The summed E-state index contributed by atoms with van der Waals surface area (Å²) in [6.07, 6.45) is 0.190. The van der Waals surface area contributed by atoms with Gasteiger partial charge in [0.2, 0.25) is 0 Å². The Labute approximate surface area is 157 Å². The van der Waals surface area contributed by atoms with Gasteiger partial charge in [-0.2, -0.15) is 0 Å². The van der Waals surface area contributed by atoms with Crippen molar-refractivity contribution < 1.29 is 19.3 Å². The molecule has 2 rings (SSSR count). The normalized spacial score (nSPS) is 11.1. The fraction of sp³-hybridized carbons (Fsp3) is 0.176. The van der Waals surface area contributed by atoms with E-state index in [4.69, 9.17) is 15.3 Å². The third-order valence-electron chi connectivity index (χ3n) is 3.23. The smallest absolute Gasteiger partial charge is 0.372 e. The number of nitrogens with zero attached hydrogens (tertiary/aromatic N) is 2. The topological polar surface area (TPSA) is 117 Å². The van der Waals surface area contributed by atoms with E-state index in [1.807, 2.05) is 19.1 Å². The van der Waals surface area contributed by atoms with Crippen LogP contribution in [-0.4, -0.2) is 23.3 Å². The van der Waals surface area contributed by atoms with Gasteiger partial charge in [-0.15, -0.1) is 0 Å². The molecule has 0 unspecified atom stereocenters. The van der Waals surface area contributed by atoms with E-state index < -0.39 is 10.9 Å². The average molecular weight is 422 g/mol. The Kier molecular flexibility index (Phi) is 6.67. The molecule has 0 radical (unpaired) electrons. The molecule has 0 aliphatic rings. The molecule has 9 heteroatoms. The number of aryl methyl sites for hydroxylation is 1. The van der Waals surface area contributed by atoms with Gasteiger partial charge >= 0.3 is 5.97 Å².